The highest BCUT2D eigenvalue weighted by Crippen LogP contribution is 2.10. The van der Waals surface area contributed by atoms with Crippen LogP contribution >= 0.6 is 15.9 Å². The number of nitro groups is 1. The molecule has 4 nitrogen and oxygen atoms in total. The van der Waals surface area contributed by atoms with E-state index in [1.807, 2.05) is 0 Å². The van der Waals surface area contributed by atoms with Crippen molar-refractivity contribution in [3.63, 3.8) is 0 Å². The van der Waals surface area contributed by atoms with Gasteiger partial charge in [0, 0.05) is 10.5 Å². The number of nitrogens with zero attached hydrogens (tertiary/aromatic N) is 1. The second-order valence-corrected chi connectivity index (χ2v) is 3.82. The summed E-state index contributed by atoms with van der Waals surface area (Å²) in [6, 6.07) is 8.50. The van der Waals surface area contributed by atoms with Crippen molar-refractivity contribution in [2.75, 3.05) is 6.54 Å². The van der Waals surface area contributed by atoms with Gasteiger partial charge in [0.2, 0.25) is 6.54 Å². The molecule has 1 rings (SSSR count). The van der Waals surface area contributed by atoms with E-state index in [9.17, 15) is 14.9 Å². The minimum absolute atomic E-state index is 0.262. The number of ketones is 1. The molecule has 1 aromatic rings. The molecule has 0 bridgehead atoms. The first-order chi connectivity index (χ1) is 6.61. The molecular weight excluding hydrogens is 250 g/mol. The summed E-state index contributed by atoms with van der Waals surface area (Å²) in [7, 11) is 0. The number of halogens is 1. The second-order valence-electron chi connectivity index (χ2n) is 2.71. The van der Waals surface area contributed by atoms with E-state index in [0.29, 0.717) is 5.56 Å². The maximum absolute atomic E-state index is 11.5. The molecule has 74 valence electrons. The highest BCUT2D eigenvalue weighted by molar-refractivity contribution is 9.10. The number of hydrogen-bond donors (Lipinski definition) is 0. The van der Waals surface area contributed by atoms with Gasteiger partial charge in [0.05, 0.1) is 0 Å². The third-order valence-electron chi connectivity index (χ3n) is 1.65. The van der Waals surface area contributed by atoms with E-state index in [1.165, 1.54) is 0 Å². The van der Waals surface area contributed by atoms with Crippen LogP contribution in [-0.4, -0.2) is 22.1 Å². The molecule has 0 aliphatic carbocycles. The van der Waals surface area contributed by atoms with Gasteiger partial charge in [-0.3, -0.25) is 14.9 Å². The van der Waals surface area contributed by atoms with Gasteiger partial charge in [0.25, 0.3) is 0 Å². The number of Topliss-reactive ketones (excluding diaryl/α,β-unsaturated/α-hetero) is 1. The van der Waals surface area contributed by atoms with Gasteiger partial charge in [0.15, 0.2) is 5.78 Å². The van der Waals surface area contributed by atoms with Gasteiger partial charge >= 0.3 is 0 Å². The molecule has 0 fully saturated rings. The molecule has 0 aromatic heterocycles. The summed E-state index contributed by atoms with van der Waals surface area (Å²) in [5.74, 6) is -0.262. The van der Waals surface area contributed by atoms with E-state index in [1.54, 1.807) is 30.3 Å². The van der Waals surface area contributed by atoms with Gasteiger partial charge in [-0.2, -0.15) is 0 Å². The summed E-state index contributed by atoms with van der Waals surface area (Å²) in [4.78, 5) is 20.4. The molecule has 1 unspecified atom stereocenters. The van der Waals surface area contributed by atoms with Crippen LogP contribution in [0.1, 0.15) is 10.4 Å². The number of carbonyl (C=O) groups excluding carboxylic acids is 1. The van der Waals surface area contributed by atoms with Crippen LogP contribution in [0.3, 0.4) is 0 Å². The first kappa shape index (κ1) is 10.8. The van der Waals surface area contributed by atoms with E-state index in [2.05, 4.69) is 15.9 Å². The van der Waals surface area contributed by atoms with E-state index in [4.69, 9.17) is 0 Å². The zero-order chi connectivity index (χ0) is 10.6. The lowest BCUT2D eigenvalue weighted by atomic mass is 10.1. The van der Waals surface area contributed by atoms with Crippen molar-refractivity contribution in [3.8, 4) is 0 Å². The Balaban J connectivity index is 2.71. The van der Waals surface area contributed by atoms with Gasteiger partial charge < -0.3 is 0 Å². The molecule has 0 spiro atoms. The van der Waals surface area contributed by atoms with E-state index >= 15 is 0 Å². The third-order valence-corrected chi connectivity index (χ3v) is 2.36. The largest absolute Gasteiger partial charge is 0.293 e. The van der Waals surface area contributed by atoms with Crippen LogP contribution in [-0.2, 0) is 0 Å². The second kappa shape index (κ2) is 4.85. The molecule has 14 heavy (non-hydrogen) atoms. The van der Waals surface area contributed by atoms with Crippen molar-refractivity contribution in [1.82, 2.24) is 0 Å². The fourth-order valence-electron chi connectivity index (χ4n) is 0.997. The molecule has 0 saturated carbocycles. The Bertz CT molecular complexity index is 339. The Hall–Kier alpha value is -1.23. The van der Waals surface area contributed by atoms with Crippen molar-refractivity contribution < 1.29 is 9.72 Å². The quantitative estimate of drug-likeness (QED) is 0.358. The Morgan fingerprint density at radius 2 is 2.00 bits per heavy atom. The molecule has 0 radical (unpaired) electrons. The molecule has 1 atom stereocenters. The van der Waals surface area contributed by atoms with Crippen molar-refractivity contribution in [2.24, 2.45) is 0 Å². The van der Waals surface area contributed by atoms with Gasteiger partial charge in [0.1, 0.15) is 4.83 Å². The maximum atomic E-state index is 11.5. The number of carbonyl (C=O) groups is 1. The molecule has 0 N–H and O–H groups in total. The van der Waals surface area contributed by atoms with Crippen LogP contribution in [0, 0.1) is 10.1 Å². The van der Waals surface area contributed by atoms with Gasteiger partial charge in [-0.1, -0.05) is 46.3 Å². The fourth-order valence-corrected chi connectivity index (χ4v) is 1.50. The smallest absolute Gasteiger partial charge is 0.223 e. The predicted octanol–water partition coefficient (Wildman–Crippen LogP) is 1.91. The van der Waals surface area contributed by atoms with E-state index < -0.39 is 16.3 Å². The first-order valence-electron chi connectivity index (χ1n) is 3.96. The molecule has 5 heteroatoms. The Morgan fingerprint density at radius 1 is 1.43 bits per heavy atom. The van der Waals surface area contributed by atoms with E-state index in [0.717, 1.165) is 0 Å². The van der Waals surface area contributed by atoms with Gasteiger partial charge in [-0.05, 0) is 0 Å². The third kappa shape index (κ3) is 2.92. The summed E-state index contributed by atoms with van der Waals surface area (Å²) in [5, 5.41) is 10.2. The van der Waals surface area contributed by atoms with Crippen LogP contribution < -0.4 is 0 Å². The summed E-state index contributed by atoms with van der Waals surface area (Å²) < 4.78 is 0. The number of benzene rings is 1. The summed E-state index contributed by atoms with van der Waals surface area (Å²) >= 11 is 2.99. The molecular formula is C9H8BrNO3. The molecule has 0 heterocycles. The molecule has 1 aromatic carbocycles. The minimum atomic E-state index is -0.750. The lowest BCUT2D eigenvalue weighted by Crippen LogP contribution is -2.23. The Morgan fingerprint density at radius 3 is 2.50 bits per heavy atom. The van der Waals surface area contributed by atoms with Gasteiger partial charge in [-0.15, -0.1) is 0 Å². The van der Waals surface area contributed by atoms with Crippen LogP contribution in [0.15, 0.2) is 30.3 Å². The molecule has 0 amide bonds. The SMILES string of the molecule is O=C(c1ccccc1)C(Br)C[N+](=O)[O-]. The number of alkyl halides is 1. The van der Waals surface area contributed by atoms with Crippen molar-refractivity contribution in [3.05, 3.63) is 46.0 Å². The summed E-state index contributed by atoms with van der Waals surface area (Å²) in [6.07, 6.45) is 0. The molecule has 0 aliphatic heterocycles. The maximum Gasteiger partial charge on any atom is 0.223 e. The Kier molecular flexibility index (Phi) is 3.76. The topological polar surface area (TPSA) is 60.2 Å². The number of hydrogen-bond acceptors (Lipinski definition) is 3. The van der Waals surface area contributed by atoms with Crippen LogP contribution in [0.25, 0.3) is 0 Å². The molecule has 0 saturated heterocycles. The summed E-state index contributed by atoms with van der Waals surface area (Å²) in [5.41, 5.74) is 0.483. The highest BCUT2D eigenvalue weighted by atomic mass is 79.9. The van der Waals surface area contributed by atoms with Crippen molar-refractivity contribution in [1.29, 1.82) is 0 Å². The lowest BCUT2D eigenvalue weighted by molar-refractivity contribution is -0.476. The normalized spacial score (nSPS) is 12.1. The monoisotopic (exact) mass is 257 g/mol. The predicted molar refractivity (Wildman–Crippen MR) is 55.3 cm³/mol. The lowest BCUT2D eigenvalue weighted by Gasteiger charge is -2.03. The first-order valence-corrected chi connectivity index (χ1v) is 4.88. The number of rotatable bonds is 4. The zero-order valence-electron chi connectivity index (χ0n) is 7.22. The highest BCUT2D eigenvalue weighted by Gasteiger charge is 2.21. The van der Waals surface area contributed by atoms with Crippen LogP contribution in [0.5, 0.6) is 0 Å². The fraction of sp³-hybridized carbons (Fsp3) is 0.222. The zero-order valence-corrected chi connectivity index (χ0v) is 8.81. The van der Waals surface area contributed by atoms with Crippen LogP contribution in [0.4, 0.5) is 0 Å². The van der Waals surface area contributed by atoms with Crippen molar-refractivity contribution in [2.45, 2.75) is 4.83 Å². The van der Waals surface area contributed by atoms with E-state index in [-0.39, 0.29) is 5.78 Å². The van der Waals surface area contributed by atoms with Crippen molar-refractivity contribution >= 4 is 21.7 Å². The Labute approximate surface area is 89.2 Å². The standard InChI is InChI=1S/C9H8BrNO3/c10-8(6-11(13)14)9(12)7-4-2-1-3-5-7/h1-5,8H,6H2. The van der Waals surface area contributed by atoms with Gasteiger partial charge in [-0.25, -0.2) is 0 Å². The molecule has 0 aliphatic rings. The summed E-state index contributed by atoms with van der Waals surface area (Å²) in [6.45, 7) is -0.395. The average Bonchev–Trinajstić information content (AvgIpc) is 2.17. The van der Waals surface area contributed by atoms with Crippen LogP contribution in [0.2, 0.25) is 0 Å². The minimum Gasteiger partial charge on any atom is -0.293 e. The average molecular weight is 258 g/mol.